The summed E-state index contributed by atoms with van der Waals surface area (Å²) in [5.74, 6) is 1.07. The van der Waals surface area contributed by atoms with E-state index in [4.69, 9.17) is 9.47 Å². The number of benzene rings is 2. The Bertz CT molecular complexity index is 1120. The second-order valence-corrected chi connectivity index (χ2v) is 6.83. The first-order chi connectivity index (χ1) is 15.5. The van der Waals surface area contributed by atoms with Gasteiger partial charge in [-0.1, -0.05) is 12.1 Å². The van der Waals surface area contributed by atoms with Crippen molar-refractivity contribution in [3.63, 3.8) is 0 Å². The summed E-state index contributed by atoms with van der Waals surface area (Å²) >= 11 is 0. The van der Waals surface area contributed by atoms with Crippen LogP contribution in [-0.2, 0) is 17.5 Å². The van der Waals surface area contributed by atoms with Crippen LogP contribution in [0.1, 0.15) is 17.0 Å². The average Bonchev–Trinajstić information content (AvgIpc) is 2.73. The van der Waals surface area contributed by atoms with Gasteiger partial charge in [-0.15, -0.1) is 13.2 Å². The molecule has 2 aromatic carbocycles. The lowest BCUT2D eigenvalue weighted by Crippen LogP contribution is -2.18. The maximum absolute atomic E-state index is 13.0. The number of fused-ring (bicyclic) bond motifs is 1. The molecule has 3 rings (SSSR count). The van der Waals surface area contributed by atoms with Gasteiger partial charge in [0.25, 0.3) is 0 Å². The second-order valence-electron chi connectivity index (χ2n) is 6.83. The molecule has 0 spiro atoms. The lowest BCUT2D eigenvalue weighted by molar-refractivity contribution is -0.325. The Morgan fingerprint density at radius 1 is 0.939 bits per heavy atom. The van der Waals surface area contributed by atoms with Crippen LogP contribution in [-0.4, -0.2) is 36.7 Å². The van der Waals surface area contributed by atoms with Gasteiger partial charge >= 0.3 is 12.5 Å². The zero-order valence-electron chi connectivity index (χ0n) is 17.5. The predicted octanol–water partition coefficient (Wildman–Crippen LogP) is 5.49. The van der Waals surface area contributed by atoms with E-state index in [-0.39, 0.29) is 18.0 Å². The predicted molar refractivity (Wildman–Crippen MR) is 107 cm³/mol. The Kier molecular flexibility index (Phi) is 7.15. The number of alkyl halides is 6. The van der Waals surface area contributed by atoms with Crippen molar-refractivity contribution in [2.45, 2.75) is 26.0 Å². The van der Waals surface area contributed by atoms with Crippen LogP contribution in [0.25, 0.3) is 10.9 Å². The molecule has 0 aliphatic carbocycles. The molecule has 0 saturated heterocycles. The molecular formula is C21H19F6N3O3. The number of methoxy groups -OCH3 is 1. The van der Waals surface area contributed by atoms with Gasteiger partial charge in [-0.3, -0.25) is 4.74 Å². The standard InChI is InChI=1S/C21H19F6N3O3/c1-12-29-16-10-17(31-2)18(32-6-7-33-21(25,26)27)9-15(16)19(30-12)28-11-13-4-3-5-14(8-13)20(22,23)24/h3-5,8-10H,6-7,11H2,1-2H3,(H,28,29,30). The number of rotatable bonds is 8. The average molecular weight is 475 g/mol. The fourth-order valence-electron chi connectivity index (χ4n) is 3.01. The van der Waals surface area contributed by atoms with E-state index in [1.807, 2.05) is 0 Å². The fourth-order valence-corrected chi connectivity index (χ4v) is 3.01. The number of nitrogens with zero attached hydrogens (tertiary/aromatic N) is 2. The van der Waals surface area contributed by atoms with Gasteiger partial charge in [0.1, 0.15) is 18.2 Å². The molecule has 12 heteroatoms. The molecule has 1 aromatic heterocycles. The van der Waals surface area contributed by atoms with Crippen LogP contribution in [0.15, 0.2) is 36.4 Å². The van der Waals surface area contributed by atoms with E-state index in [2.05, 4.69) is 20.0 Å². The van der Waals surface area contributed by atoms with Crippen LogP contribution in [0.3, 0.4) is 0 Å². The van der Waals surface area contributed by atoms with Gasteiger partial charge in [-0.2, -0.15) is 13.2 Å². The molecule has 0 saturated carbocycles. The smallest absolute Gasteiger partial charge is 0.493 e. The molecule has 0 fully saturated rings. The van der Waals surface area contributed by atoms with Gasteiger partial charge in [0.05, 0.1) is 24.8 Å². The van der Waals surface area contributed by atoms with Crippen LogP contribution < -0.4 is 14.8 Å². The van der Waals surface area contributed by atoms with E-state index in [1.54, 1.807) is 6.92 Å². The van der Waals surface area contributed by atoms with Gasteiger partial charge in [0.2, 0.25) is 0 Å². The minimum Gasteiger partial charge on any atom is -0.493 e. The van der Waals surface area contributed by atoms with E-state index in [0.29, 0.717) is 28.1 Å². The van der Waals surface area contributed by atoms with Crippen molar-refractivity contribution < 1.29 is 40.6 Å². The molecule has 0 aliphatic rings. The summed E-state index contributed by atoms with van der Waals surface area (Å²) in [4.78, 5) is 8.61. The lowest BCUT2D eigenvalue weighted by Gasteiger charge is -2.15. The first-order valence-corrected chi connectivity index (χ1v) is 9.56. The first-order valence-electron chi connectivity index (χ1n) is 9.56. The zero-order chi connectivity index (χ0) is 24.2. The Morgan fingerprint density at radius 3 is 2.36 bits per heavy atom. The summed E-state index contributed by atoms with van der Waals surface area (Å²) < 4.78 is 89.6. The lowest BCUT2D eigenvalue weighted by atomic mass is 10.1. The number of anilines is 1. The summed E-state index contributed by atoms with van der Waals surface area (Å²) in [5, 5.41) is 3.43. The Morgan fingerprint density at radius 2 is 1.70 bits per heavy atom. The molecule has 0 aliphatic heterocycles. The third kappa shape index (κ3) is 6.60. The third-order valence-corrected chi connectivity index (χ3v) is 4.41. The third-order valence-electron chi connectivity index (χ3n) is 4.41. The van der Waals surface area contributed by atoms with Crippen LogP contribution in [0.5, 0.6) is 11.5 Å². The number of ether oxygens (including phenoxy) is 3. The summed E-state index contributed by atoms with van der Waals surface area (Å²) in [6.07, 6.45) is -9.24. The quantitative estimate of drug-likeness (QED) is 0.343. The number of aromatic nitrogens is 2. The van der Waals surface area contributed by atoms with Crippen LogP contribution in [0.4, 0.5) is 32.2 Å². The highest BCUT2D eigenvalue weighted by molar-refractivity contribution is 5.91. The molecule has 0 unspecified atom stereocenters. The van der Waals surface area contributed by atoms with E-state index in [1.165, 1.54) is 31.4 Å². The molecule has 1 heterocycles. The van der Waals surface area contributed by atoms with E-state index >= 15 is 0 Å². The van der Waals surface area contributed by atoms with Crippen LogP contribution in [0.2, 0.25) is 0 Å². The number of hydrogen-bond acceptors (Lipinski definition) is 6. The number of aryl methyl sites for hydroxylation is 1. The molecule has 0 radical (unpaired) electrons. The van der Waals surface area contributed by atoms with Crippen LogP contribution in [0, 0.1) is 6.92 Å². The van der Waals surface area contributed by atoms with Crippen LogP contribution >= 0.6 is 0 Å². The minimum atomic E-state index is -4.78. The molecule has 6 nitrogen and oxygen atoms in total. The zero-order valence-corrected chi connectivity index (χ0v) is 17.5. The van der Waals surface area contributed by atoms with Gasteiger partial charge in [-0.25, -0.2) is 9.97 Å². The summed E-state index contributed by atoms with van der Waals surface area (Å²) in [5.41, 5.74) is 0.0559. The monoisotopic (exact) mass is 475 g/mol. The Hall–Kier alpha value is -3.28. The topological polar surface area (TPSA) is 65.5 Å². The van der Waals surface area contributed by atoms with E-state index in [0.717, 1.165) is 12.1 Å². The van der Waals surface area contributed by atoms with Crippen molar-refractivity contribution in [1.82, 2.24) is 9.97 Å². The number of halogens is 6. The maximum atomic E-state index is 13.0. The van der Waals surface area contributed by atoms with Gasteiger partial charge in [-0.05, 0) is 30.7 Å². The highest BCUT2D eigenvalue weighted by atomic mass is 19.4. The minimum absolute atomic E-state index is 0.0388. The van der Waals surface area contributed by atoms with Gasteiger partial charge in [0, 0.05) is 18.0 Å². The van der Waals surface area contributed by atoms with E-state index in [9.17, 15) is 26.3 Å². The SMILES string of the molecule is COc1cc2nc(C)nc(NCc3cccc(C(F)(F)F)c3)c2cc1OCCOC(F)(F)F. The molecule has 0 atom stereocenters. The molecular weight excluding hydrogens is 456 g/mol. The summed E-state index contributed by atoms with van der Waals surface area (Å²) in [6.45, 7) is 0.550. The summed E-state index contributed by atoms with van der Waals surface area (Å²) in [6, 6.07) is 7.86. The normalized spacial score (nSPS) is 12.1. The Labute approximate surface area is 184 Å². The van der Waals surface area contributed by atoms with Crippen molar-refractivity contribution in [2.24, 2.45) is 0 Å². The van der Waals surface area contributed by atoms with Crippen molar-refractivity contribution >= 4 is 16.7 Å². The van der Waals surface area contributed by atoms with Crippen molar-refractivity contribution in [3.05, 3.63) is 53.3 Å². The van der Waals surface area contributed by atoms with Gasteiger partial charge < -0.3 is 14.8 Å². The van der Waals surface area contributed by atoms with Crippen molar-refractivity contribution in [2.75, 3.05) is 25.6 Å². The second kappa shape index (κ2) is 9.69. The van der Waals surface area contributed by atoms with Crippen molar-refractivity contribution in [3.8, 4) is 11.5 Å². The Balaban J connectivity index is 1.85. The highest BCUT2D eigenvalue weighted by Crippen LogP contribution is 2.35. The molecule has 1 N–H and O–H groups in total. The fraction of sp³-hybridized carbons (Fsp3) is 0.333. The molecule has 0 bridgehead atoms. The number of nitrogens with one attached hydrogen (secondary N) is 1. The largest absolute Gasteiger partial charge is 0.522 e. The molecule has 3 aromatic rings. The molecule has 33 heavy (non-hydrogen) atoms. The van der Waals surface area contributed by atoms with Gasteiger partial charge in [0.15, 0.2) is 11.5 Å². The molecule has 178 valence electrons. The molecule has 0 amide bonds. The first kappa shape index (κ1) is 24.4. The maximum Gasteiger partial charge on any atom is 0.522 e. The number of hydrogen-bond donors (Lipinski definition) is 1. The van der Waals surface area contributed by atoms with Crippen molar-refractivity contribution in [1.29, 1.82) is 0 Å². The summed E-state index contributed by atoms with van der Waals surface area (Å²) in [7, 11) is 1.36. The van der Waals surface area contributed by atoms with E-state index < -0.39 is 31.3 Å². The highest BCUT2D eigenvalue weighted by Gasteiger charge is 2.30.